The molecule has 0 aliphatic heterocycles. The predicted molar refractivity (Wildman–Crippen MR) is 79.4 cm³/mol. The molecule has 1 aromatic carbocycles. The van der Waals surface area contributed by atoms with E-state index in [0.29, 0.717) is 18.8 Å². The number of hydrogen-bond donors (Lipinski definition) is 1. The van der Waals surface area contributed by atoms with E-state index >= 15 is 0 Å². The first-order valence-electron chi connectivity index (χ1n) is 7.15. The Kier molecular flexibility index (Phi) is 4.80. The van der Waals surface area contributed by atoms with Crippen LogP contribution in [0.15, 0.2) is 18.2 Å². The molecule has 21 heavy (non-hydrogen) atoms. The van der Waals surface area contributed by atoms with Crippen LogP contribution < -0.4 is 4.74 Å². The summed E-state index contributed by atoms with van der Waals surface area (Å²) in [6, 6.07) is 4.76. The van der Waals surface area contributed by atoms with Crippen LogP contribution in [0.5, 0.6) is 5.75 Å². The molecule has 0 spiro atoms. The second-order valence-electron chi connectivity index (χ2n) is 5.90. The monoisotopic (exact) mass is 294 g/mol. The third-order valence-corrected chi connectivity index (χ3v) is 3.95. The van der Waals surface area contributed by atoms with Crippen LogP contribution in [-0.4, -0.2) is 41.2 Å². The maximum atomic E-state index is 10.9. The van der Waals surface area contributed by atoms with Gasteiger partial charge in [-0.2, -0.15) is 0 Å². The fourth-order valence-electron chi connectivity index (χ4n) is 3.02. The molecule has 1 aliphatic carbocycles. The first kappa shape index (κ1) is 15.7. The largest absolute Gasteiger partial charge is 0.496 e. The Bertz CT molecular complexity index is 512. The highest BCUT2D eigenvalue weighted by atomic mass is 16.6. The van der Waals surface area contributed by atoms with Crippen molar-refractivity contribution in [2.75, 3.05) is 20.7 Å². The minimum absolute atomic E-state index is 0.0253. The van der Waals surface area contributed by atoms with Gasteiger partial charge in [0.15, 0.2) is 0 Å². The number of hydrogen-bond acceptors (Lipinski definition) is 5. The van der Waals surface area contributed by atoms with Crippen LogP contribution in [-0.2, 0) is 6.54 Å². The summed E-state index contributed by atoms with van der Waals surface area (Å²) in [4.78, 5) is 12.5. The molecule has 0 radical (unpaired) electrons. The van der Waals surface area contributed by atoms with Gasteiger partial charge in [-0.1, -0.05) is 12.8 Å². The van der Waals surface area contributed by atoms with Gasteiger partial charge < -0.3 is 9.84 Å². The summed E-state index contributed by atoms with van der Waals surface area (Å²) in [5.41, 5.74) is 0.224. The molecule has 1 saturated carbocycles. The maximum absolute atomic E-state index is 10.9. The van der Waals surface area contributed by atoms with Gasteiger partial charge in [-0.15, -0.1) is 0 Å². The predicted octanol–water partition coefficient (Wildman–Crippen LogP) is 2.34. The van der Waals surface area contributed by atoms with E-state index in [-0.39, 0.29) is 5.69 Å². The standard InChI is InChI=1S/C15H22N2O4/c1-16(11-15(18)5-3-4-6-15)10-12-7-13(17(19)20)9-14(8-12)21-2/h7-9,18H,3-6,10-11H2,1-2H3. The van der Waals surface area contributed by atoms with Crippen molar-refractivity contribution in [2.45, 2.75) is 37.8 Å². The minimum Gasteiger partial charge on any atom is -0.496 e. The molecule has 1 fully saturated rings. The van der Waals surface area contributed by atoms with E-state index in [2.05, 4.69) is 0 Å². The highest BCUT2D eigenvalue weighted by Gasteiger charge is 2.32. The van der Waals surface area contributed by atoms with Crippen molar-refractivity contribution in [3.8, 4) is 5.75 Å². The number of aliphatic hydroxyl groups is 1. The van der Waals surface area contributed by atoms with Gasteiger partial charge in [0, 0.05) is 19.2 Å². The van der Waals surface area contributed by atoms with Crippen LogP contribution in [0.2, 0.25) is 0 Å². The summed E-state index contributed by atoms with van der Waals surface area (Å²) < 4.78 is 5.11. The van der Waals surface area contributed by atoms with Crippen molar-refractivity contribution in [3.05, 3.63) is 33.9 Å². The van der Waals surface area contributed by atoms with Gasteiger partial charge in [0.05, 0.1) is 23.7 Å². The van der Waals surface area contributed by atoms with Crippen molar-refractivity contribution < 1.29 is 14.8 Å². The van der Waals surface area contributed by atoms with Crippen molar-refractivity contribution in [1.82, 2.24) is 4.90 Å². The summed E-state index contributed by atoms with van der Waals surface area (Å²) in [5, 5.41) is 21.3. The smallest absolute Gasteiger partial charge is 0.273 e. The number of nitro groups is 1. The molecule has 0 amide bonds. The van der Waals surface area contributed by atoms with Crippen LogP contribution >= 0.6 is 0 Å². The number of benzene rings is 1. The SMILES string of the molecule is COc1cc(CN(C)CC2(O)CCCC2)cc([N+](=O)[O-])c1. The number of rotatable bonds is 6. The molecule has 1 N–H and O–H groups in total. The van der Waals surface area contributed by atoms with Crippen LogP contribution in [0.25, 0.3) is 0 Å². The molecule has 0 aromatic heterocycles. The summed E-state index contributed by atoms with van der Waals surface area (Å²) in [6.45, 7) is 1.12. The molecule has 0 bridgehead atoms. The Balaban J connectivity index is 2.07. The minimum atomic E-state index is -0.612. The van der Waals surface area contributed by atoms with Crippen LogP contribution in [0.1, 0.15) is 31.2 Å². The average Bonchev–Trinajstić information content (AvgIpc) is 2.84. The second kappa shape index (κ2) is 6.41. The summed E-state index contributed by atoms with van der Waals surface area (Å²) in [7, 11) is 3.41. The lowest BCUT2D eigenvalue weighted by atomic mass is 10.0. The molecular formula is C15H22N2O4. The Morgan fingerprint density at radius 3 is 2.62 bits per heavy atom. The van der Waals surface area contributed by atoms with Crippen LogP contribution in [0.4, 0.5) is 5.69 Å². The van der Waals surface area contributed by atoms with Crippen molar-refractivity contribution in [1.29, 1.82) is 0 Å². The Morgan fingerprint density at radius 2 is 2.05 bits per heavy atom. The highest BCUT2D eigenvalue weighted by Crippen LogP contribution is 2.30. The zero-order valence-electron chi connectivity index (χ0n) is 12.5. The van der Waals surface area contributed by atoms with Crippen molar-refractivity contribution in [2.24, 2.45) is 0 Å². The van der Waals surface area contributed by atoms with E-state index in [1.165, 1.54) is 13.2 Å². The van der Waals surface area contributed by atoms with Gasteiger partial charge in [0.1, 0.15) is 5.75 Å². The van der Waals surface area contributed by atoms with E-state index in [1.807, 2.05) is 11.9 Å². The Hall–Kier alpha value is -1.66. The number of methoxy groups -OCH3 is 1. The summed E-state index contributed by atoms with van der Waals surface area (Å²) >= 11 is 0. The fourth-order valence-corrected chi connectivity index (χ4v) is 3.02. The van der Waals surface area contributed by atoms with Crippen molar-refractivity contribution >= 4 is 5.69 Å². The normalized spacial score (nSPS) is 17.1. The number of ether oxygens (including phenoxy) is 1. The van der Waals surface area contributed by atoms with Gasteiger partial charge in [-0.25, -0.2) is 0 Å². The second-order valence-corrected chi connectivity index (χ2v) is 5.90. The van der Waals surface area contributed by atoms with E-state index in [9.17, 15) is 15.2 Å². The third-order valence-electron chi connectivity index (χ3n) is 3.95. The molecule has 1 aliphatic rings. The van der Waals surface area contributed by atoms with Gasteiger partial charge in [0.2, 0.25) is 0 Å². The summed E-state index contributed by atoms with van der Waals surface area (Å²) in [6.07, 6.45) is 3.79. The molecule has 6 nitrogen and oxygen atoms in total. The number of nitrogens with zero attached hydrogens (tertiary/aromatic N) is 2. The van der Waals surface area contributed by atoms with Gasteiger partial charge >= 0.3 is 0 Å². The van der Waals surface area contributed by atoms with Gasteiger partial charge in [0.25, 0.3) is 5.69 Å². The number of nitro benzene ring substituents is 1. The van der Waals surface area contributed by atoms with E-state index in [0.717, 1.165) is 31.2 Å². The molecule has 2 rings (SSSR count). The highest BCUT2D eigenvalue weighted by molar-refractivity contribution is 5.42. The Morgan fingerprint density at radius 1 is 1.38 bits per heavy atom. The first-order valence-corrected chi connectivity index (χ1v) is 7.15. The lowest BCUT2D eigenvalue weighted by molar-refractivity contribution is -0.385. The quantitative estimate of drug-likeness (QED) is 0.644. The summed E-state index contributed by atoms with van der Waals surface area (Å²) in [5.74, 6) is 0.479. The van der Waals surface area contributed by atoms with Crippen LogP contribution in [0, 0.1) is 10.1 Å². The lowest BCUT2D eigenvalue weighted by Crippen LogP contribution is -2.38. The number of non-ortho nitro benzene ring substituents is 1. The zero-order chi connectivity index (χ0) is 15.5. The Labute approximate surface area is 124 Å². The van der Waals surface area contributed by atoms with Crippen molar-refractivity contribution in [3.63, 3.8) is 0 Å². The van der Waals surface area contributed by atoms with E-state index in [4.69, 9.17) is 4.74 Å². The third kappa shape index (κ3) is 4.15. The molecular weight excluding hydrogens is 272 g/mol. The first-order chi connectivity index (χ1) is 9.92. The maximum Gasteiger partial charge on any atom is 0.273 e. The lowest BCUT2D eigenvalue weighted by Gasteiger charge is -2.28. The molecule has 0 heterocycles. The molecule has 6 heteroatoms. The molecule has 0 atom stereocenters. The van der Waals surface area contributed by atoms with Gasteiger partial charge in [-0.05, 0) is 31.5 Å². The fraction of sp³-hybridized carbons (Fsp3) is 0.600. The molecule has 1 aromatic rings. The topological polar surface area (TPSA) is 75.8 Å². The number of likely N-dealkylation sites (N-methyl/N-ethyl adjacent to an activating group) is 1. The molecule has 116 valence electrons. The van der Waals surface area contributed by atoms with Crippen LogP contribution in [0.3, 0.4) is 0 Å². The molecule has 0 unspecified atom stereocenters. The average molecular weight is 294 g/mol. The molecule has 0 saturated heterocycles. The van der Waals surface area contributed by atoms with E-state index in [1.54, 1.807) is 12.1 Å². The zero-order valence-corrected chi connectivity index (χ0v) is 12.5. The van der Waals surface area contributed by atoms with E-state index < -0.39 is 10.5 Å². The van der Waals surface area contributed by atoms with Gasteiger partial charge in [-0.3, -0.25) is 15.0 Å².